The van der Waals surface area contributed by atoms with Crippen molar-refractivity contribution in [2.45, 2.75) is 13.0 Å². The van der Waals surface area contributed by atoms with Gasteiger partial charge in [0.25, 0.3) is 5.91 Å². The van der Waals surface area contributed by atoms with Crippen molar-refractivity contribution in [3.8, 4) is 11.5 Å². The first-order valence-corrected chi connectivity index (χ1v) is 7.62. The van der Waals surface area contributed by atoms with Crippen LogP contribution >= 0.6 is 15.9 Å². The number of anilines is 1. The summed E-state index contributed by atoms with van der Waals surface area (Å²) in [6.45, 7) is 1.71. The van der Waals surface area contributed by atoms with Crippen LogP contribution in [-0.2, 0) is 4.79 Å². The summed E-state index contributed by atoms with van der Waals surface area (Å²) in [5.74, 6) is -0.484. The number of nitrogens with zero attached hydrogens (tertiary/aromatic N) is 1. The largest absolute Gasteiger partial charge is 0.508 e. The molecule has 0 saturated carbocycles. The lowest BCUT2D eigenvalue weighted by Gasteiger charge is -2.13. The van der Waals surface area contributed by atoms with Crippen molar-refractivity contribution in [2.24, 2.45) is 5.10 Å². The zero-order chi connectivity index (χ0) is 16.8. The van der Waals surface area contributed by atoms with Gasteiger partial charge in [0.1, 0.15) is 17.5 Å². The molecule has 0 aliphatic carbocycles. The molecule has 2 rings (SSSR count). The summed E-state index contributed by atoms with van der Waals surface area (Å²) >= 11 is 3.34. The van der Waals surface area contributed by atoms with Crippen molar-refractivity contribution in [3.05, 3.63) is 52.5 Å². The number of rotatable bonds is 5. The van der Waals surface area contributed by atoms with Crippen LogP contribution in [0, 0.1) is 0 Å². The Bertz CT molecular complexity index is 717. The number of aromatic hydroxyl groups is 2. The summed E-state index contributed by atoms with van der Waals surface area (Å²) in [6.07, 6.45) is 1.30. The first-order chi connectivity index (χ1) is 11.0. The topological polar surface area (TPSA) is 94.0 Å². The third-order valence-electron chi connectivity index (χ3n) is 3.01. The number of hydrazone groups is 1. The van der Waals surface area contributed by atoms with Crippen LogP contribution in [0.15, 0.2) is 52.0 Å². The van der Waals surface area contributed by atoms with Crippen LogP contribution < -0.4 is 10.7 Å². The average molecular weight is 378 g/mol. The van der Waals surface area contributed by atoms with Crippen LogP contribution in [0.3, 0.4) is 0 Å². The lowest BCUT2D eigenvalue weighted by Crippen LogP contribution is -2.34. The van der Waals surface area contributed by atoms with Gasteiger partial charge in [-0.1, -0.05) is 15.9 Å². The molecule has 0 aliphatic rings. The molecular weight excluding hydrogens is 362 g/mol. The number of halogens is 1. The lowest BCUT2D eigenvalue weighted by atomic mass is 10.2. The van der Waals surface area contributed by atoms with Gasteiger partial charge in [0.2, 0.25) is 0 Å². The molecule has 2 aromatic carbocycles. The second kappa shape index (κ2) is 7.64. The first kappa shape index (κ1) is 16.8. The van der Waals surface area contributed by atoms with E-state index in [1.165, 1.54) is 24.4 Å². The molecule has 2 aromatic rings. The number of hydrogen-bond donors (Lipinski definition) is 4. The summed E-state index contributed by atoms with van der Waals surface area (Å²) in [4.78, 5) is 11.9. The molecule has 120 valence electrons. The Hall–Kier alpha value is -2.54. The maximum absolute atomic E-state index is 11.9. The zero-order valence-electron chi connectivity index (χ0n) is 12.3. The van der Waals surface area contributed by atoms with Crippen LogP contribution in [0.4, 0.5) is 5.69 Å². The number of carbonyl (C=O) groups excluding carboxylic acids is 1. The summed E-state index contributed by atoms with van der Waals surface area (Å²) < 4.78 is 0.957. The molecule has 0 aromatic heterocycles. The van der Waals surface area contributed by atoms with E-state index in [-0.39, 0.29) is 17.4 Å². The number of amides is 1. The fourth-order valence-electron chi connectivity index (χ4n) is 1.77. The van der Waals surface area contributed by atoms with Crippen LogP contribution in [0.25, 0.3) is 0 Å². The summed E-state index contributed by atoms with van der Waals surface area (Å²) in [5.41, 5.74) is 3.59. The maximum atomic E-state index is 11.9. The minimum atomic E-state index is -0.484. The molecule has 0 heterocycles. The molecule has 0 unspecified atom stereocenters. The molecule has 0 fully saturated rings. The highest BCUT2D eigenvalue weighted by atomic mass is 79.9. The van der Waals surface area contributed by atoms with E-state index in [4.69, 9.17) is 0 Å². The predicted octanol–water partition coefficient (Wildman–Crippen LogP) is 2.81. The molecule has 0 spiro atoms. The normalized spacial score (nSPS) is 12.1. The Morgan fingerprint density at radius 2 is 1.91 bits per heavy atom. The highest BCUT2D eigenvalue weighted by molar-refractivity contribution is 9.10. The van der Waals surface area contributed by atoms with Gasteiger partial charge in [0.05, 0.1) is 6.21 Å². The second-order valence-electron chi connectivity index (χ2n) is 4.85. The lowest BCUT2D eigenvalue weighted by molar-refractivity contribution is -0.121. The van der Waals surface area contributed by atoms with Gasteiger partial charge in [-0.25, -0.2) is 5.43 Å². The Morgan fingerprint density at radius 3 is 2.57 bits per heavy atom. The highest BCUT2D eigenvalue weighted by Gasteiger charge is 2.11. The van der Waals surface area contributed by atoms with E-state index in [1.54, 1.807) is 6.92 Å². The second-order valence-corrected chi connectivity index (χ2v) is 5.77. The minimum absolute atomic E-state index is 0.0454. The average Bonchev–Trinajstić information content (AvgIpc) is 2.51. The van der Waals surface area contributed by atoms with Crippen LogP contribution in [-0.4, -0.2) is 28.4 Å². The third kappa shape index (κ3) is 5.00. The fraction of sp³-hybridized carbons (Fsp3) is 0.125. The van der Waals surface area contributed by atoms with E-state index in [0.29, 0.717) is 5.56 Å². The van der Waals surface area contributed by atoms with Gasteiger partial charge in [-0.05, 0) is 43.3 Å². The number of benzene rings is 2. The number of phenolic OH excluding ortho intramolecular Hbond substituents is 2. The molecule has 0 saturated heterocycles. The molecule has 23 heavy (non-hydrogen) atoms. The number of phenols is 2. The number of carbonyl (C=O) groups is 1. The summed E-state index contributed by atoms with van der Waals surface area (Å²) in [5, 5.41) is 25.6. The van der Waals surface area contributed by atoms with Crippen molar-refractivity contribution in [2.75, 3.05) is 5.32 Å². The summed E-state index contributed by atoms with van der Waals surface area (Å²) in [7, 11) is 0. The van der Waals surface area contributed by atoms with Gasteiger partial charge in [0, 0.05) is 21.8 Å². The molecule has 1 atom stereocenters. The van der Waals surface area contributed by atoms with Crippen molar-refractivity contribution < 1.29 is 15.0 Å². The maximum Gasteiger partial charge on any atom is 0.262 e. The van der Waals surface area contributed by atoms with E-state index in [1.807, 2.05) is 24.3 Å². The molecule has 0 bridgehead atoms. The van der Waals surface area contributed by atoms with Crippen molar-refractivity contribution in [1.82, 2.24) is 5.43 Å². The van der Waals surface area contributed by atoms with Gasteiger partial charge in [0.15, 0.2) is 0 Å². The van der Waals surface area contributed by atoms with Gasteiger partial charge < -0.3 is 15.5 Å². The van der Waals surface area contributed by atoms with E-state index < -0.39 is 6.04 Å². The zero-order valence-corrected chi connectivity index (χ0v) is 13.9. The van der Waals surface area contributed by atoms with E-state index in [2.05, 4.69) is 31.8 Å². The van der Waals surface area contributed by atoms with Crippen molar-refractivity contribution >= 4 is 33.7 Å². The number of hydrogen-bond acceptors (Lipinski definition) is 5. The van der Waals surface area contributed by atoms with Crippen LogP contribution in [0.1, 0.15) is 12.5 Å². The smallest absolute Gasteiger partial charge is 0.262 e. The van der Waals surface area contributed by atoms with Gasteiger partial charge in [-0.2, -0.15) is 5.10 Å². The third-order valence-corrected chi connectivity index (χ3v) is 3.54. The van der Waals surface area contributed by atoms with E-state index >= 15 is 0 Å². The van der Waals surface area contributed by atoms with Crippen LogP contribution in [0.2, 0.25) is 0 Å². The molecule has 0 aliphatic heterocycles. The van der Waals surface area contributed by atoms with Gasteiger partial charge in [-0.3, -0.25) is 4.79 Å². The Balaban J connectivity index is 1.90. The monoisotopic (exact) mass is 377 g/mol. The molecule has 0 radical (unpaired) electrons. The highest BCUT2D eigenvalue weighted by Crippen LogP contribution is 2.20. The minimum Gasteiger partial charge on any atom is -0.508 e. The molecule has 7 heteroatoms. The van der Waals surface area contributed by atoms with Gasteiger partial charge in [-0.15, -0.1) is 0 Å². The van der Waals surface area contributed by atoms with Gasteiger partial charge >= 0.3 is 0 Å². The molecule has 4 N–H and O–H groups in total. The first-order valence-electron chi connectivity index (χ1n) is 6.82. The Labute approximate surface area is 142 Å². The SMILES string of the molecule is C[C@H](Nc1ccc(Br)cc1)C(=O)N/N=C\c1ccc(O)cc1O. The summed E-state index contributed by atoms with van der Waals surface area (Å²) in [6, 6.07) is 11.1. The van der Waals surface area contributed by atoms with Crippen molar-refractivity contribution in [3.63, 3.8) is 0 Å². The fourth-order valence-corrected chi connectivity index (χ4v) is 2.03. The standard InChI is InChI=1S/C16H16BrN3O3/c1-10(19-13-5-3-12(17)4-6-13)16(23)20-18-9-11-2-7-14(21)8-15(11)22/h2-10,19,21-22H,1H3,(H,20,23)/b18-9-/t10-/m0/s1. The Kier molecular flexibility index (Phi) is 5.59. The van der Waals surface area contributed by atoms with E-state index in [0.717, 1.165) is 10.2 Å². The van der Waals surface area contributed by atoms with E-state index in [9.17, 15) is 15.0 Å². The quantitative estimate of drug-likeness (QED) is 0.476. The number of nitrogens with one attached hydrogen (secondary N) is 2. The Morgan fingerprint density at radius 1 is 1.22 bits per heavy atom. The molecule has 6 nitrogen and oxygen atoms in total. The van der Waals surface area contributed by atoms with Crippen LogP contribution in [0.5, 0.6) is 11.5 Å². The van der Waals surface area contributed by atoms with Crippen molar-refractivity contribution in [1.29, 1.82) is 0 Å². The molecule has 1 amide bonds. The molecular formula is C16H16BrN3O3. The predicted molar refractivity (Wildman–Crippen MR) is 92.7 cm³/mol.